The molecule has 2 N–H and O–H groups in total. The Labute approximate surface area is 171 Å². The van der Waals surface area contributed by atoms with Crippen LogP contribution in [0.25, 0.3) is 0 Å². The van der Waals surface area contributed by atoms with Crippen LogP contribution in [-0.2, 0) is 19.1 Å². The molecule has 2 aromatic rings. The number of rotatable bonds is 8. The Morgan fingerprint density at radius 1 is 0.929 bits per heavy atom. The molecule has 7 nitrogen and oxygen atoms in total. The minimum Gasteiger partial charge on any atom is -0.495 e. The van der Waals surface area contributed by atoms with Crippen molar-refractivity contribution in [2.24, 2.45) is 0 Å². The first-order valence-electron chi connectivity index (χ1n) is 8.22. The molecule has 0 heterocycles. The number of halogens is 2. The fourth-order valence-corrected chi connectivity index (χ4v) is 2.46. The molecule has 0 unspecified atom stereocenters. The predicted molar refractivity (Wildman–Crippen MR) is 107 cm³/mol. The predicted octanol–water partition coefficient (Wildman–Crippen LogP) is 3.90. The third kappa shape index (κ3) is 6.75. The average molecular weight is 425 g/mol. The number of methoxy groups -OCH3 is 1. The van der Waals surface area contributed by atoms with Gasteiger partial charge in [0, 0.05) is 12.1 Å². The molecule has 148 valence electrons. The van der Waals surface area contributed by atoms with Crippen LogP contribution in [0.4, 0.5) is 11.4 Å². The lowest BCUT2D eigenvalue weighted by Crippen LogP contribution is -2.22. The molecule has 2 amide bonds. The van der Waals surface area contributed by atoms with E-state index in [9.17, 15) is 14.4 Å². The highest BCUT2D eigenvalue weighted by Crippen LogP contribution is 2.25. The van der Waals surface area contributed by atoms with Gasteiger partial charge in [-0.3, -0.25) is 14.4 Å². The number of para-hydroxylation sites is 2. The van der Waals surface area contributed by atoms with E-state index in [0.29, 0.717) is 27.2 Å². The van der Waals surface area contributed by atoms with E-state index >= 15 is 0 Å². The Morgan fingerprint density at radius 3 is 2.39 bits per heavy atom. The van der Waals surface area contributed by atoms with Crippen molar-refractivity contribution < 1.29 is 23.9 Å². The van der Waals surface area contributed by atoms with E-state index in [1.54, 1.807) is 36.4 Å². The standard InChI is InChI=1S/C19H18Cl2N2O5/c1-27-16-5-3-2-4-15(16)23-18(25)11-28-19(26)9-8-17(24)22-12-6-7-13(20)14(21)10-12/h2-7,10H,8-9,11H2,1H3,(H,22,24)(H,23,25). The number of ether oxygens (including phenoxy) is 2. The van der Waals surface area contributed by atoms with Crippen LogP contribution >= 0.6 is 23.2 Å². The molecule has 0 spiro atoms. The first-order valence-corrected chi connectivity index (χ1v) is 8.98. The summed E-state index contributed by atoms with van der Waals surface area (Å²) in [6.07, 6.45) is -0.275. The van der Waals surface area contributed by atoms with E-state index in [2.05, 4.69) is 10.6 Å². The van der Waals surface area contributed by atoms with Gasteiger partial charge < -0.3 is 20.1 Å². The summed E-state index contributed by atoms with van der Waals surface area (Å²) in [6.45, 7) is -0.467. The lowest BCUT2D eigenvalue weighted by Gasteiger charge is -2.10. The maximum atomic E-state index is 11.9. The zero-order valence-electron chi connectivity index (χ0n) is 15.0. The average Bonchev–Trinajstić information content (AvgIpc) is 2.68. The number of hydrogen-bond acceptors (Lipinski definition) is 5. The highest BCUT2D eigenvalue weighted by Gasteiger charge is 2.12. The molecule has 0 saturated heterocycles. The van der Waals surface area contributed by atoms with Gasteiger partial charge in [0.25, 0.3) is 5.91 Å². The van der Waals surface area contributed by atoms with Crippen LogP contribution in [-0.4, -0.2) is 31.5 Å². The molecule has 2 rings (SSSR count). The summed E-state index contributed by atoms with van der Waals surface area (Å²) in [7, 11) is 1.48. The van der Waals surface area contributed by atoms with E-state index in [1.807, 2.05) is 0 Å². The van der Waals surface area contributed by atoms with Crippen molar-refractivity contribution in [2.75, 3.05) is 24.4 Å². The van der Waals surface area contributed by atoms with Gasteiger partial charge in [0.05, 0.1) is 29.3 Å². The number of esters is 1. The topological polar surface area (TPSA) is 93.7 Å². The quantitative estimate of drug-likeness (QED) is 0.626. The summed E-state index contributed by atoms with van der Waals surface area (Å²) < 4.78 is 9.99. The molecule has 0 atom stereocenters. The molecular formula is C19H18Cl2N2O5. The van der Waals surface area contributed by atoms with Gasteiger partial charge in [-0.2, -0.15) is 0 Å². The van der Waals surface area contributed by atoms with E-state index in [-0.39, 0.29) is 12.8 Å². The fourth-order valence-electron chi connectivity index (χ4n) is 2.17. The van der Waals surface area contributed by atoms with Crippen molar-refractivity contribution in [2.45, 2.75) is 12.8 Å². The Balaban J connectivity index is 1.72. The van der Waals surface area contributed by atoms with Crippen LogP contribution in [0.5, 0.6) is 5.75 Å². The second-order valence-corrected chi connectivity index (χ2v) is 6.40. The summed E-state index contributed by atoms with van der Waals surface area (Å²) >= 11 is 11.7. The molecule has 0 aliphatic carbocycles. The molecule has 0 saturated carbocycles. The molecule has 0 aromatic heterocycles. The van der Waals surface area contributed by atoms with Gasteiger partial charge in [0.1, 0.15) is 5.75 Å². The fraction of sp³-hybridized carbons (Fsp3) is 0.211. The van der Waals surface area contributed by atoms with Crippen LogP contribution in [0.2, 0.25) is 10.0 Å². The van der Waals surface area contributed by atoms with Crippen LogP contribution < -0.4 is 15.4 Å². The van der Waals surface area contributed by atoms with Gasteiger partial charge in [-0.05, 0) is 30.3 Å². The summed E-state index contributed by atoms with van der Waals surface area (Å²) in [5, 5.41) is 5.85. The highest BCUT2D eigenvalue weighted by molar-refractivity contribution is 6.42. The largest absolute Gasteiger partial charge is 0.495 e. The van der Waals surface area contributed by atoms with Crippen LogP contribution in [0.1, 0.15) is 12.8 Å². The third-order valence-electron chi connectivity index (χ3n) is 3.50. The number of carbonyl (C=O) groups is 3. The zero-order chi connectivity index (χ0) is 20.5. The minimum absolute atomic E-state index is 0.104. The Kier molecular flexibility index (Phi) is 8.10. The second-order valence-electron chi connectivity index (χ2n) is 5.59. The number of amides is 2. The second kappa shape index (κ2) is 10.5. The van der Waals surface area contributed by atoms with Crippen LogP contribution in [0.15, 0.2) is 42.5 Å². The van der Waals surface area contributed by atoms with Crippen molar-refractivity contribution in [3.05, 3.63) is 52.5 Å². The molecule has 0 aliphatic rings. The van der Waals surface area contributed by atoms with Gasteiger partial charge in [-0.1, -0.05) is 35.3 Å². The zero-order valence-corrected chi connectivity index (χ0v) is 16.5. The number of nitrogens with one attached hydrogen (secondary N) is 2. The smallest absolute Gasteiger partial charge is 0.306 e. The lowest BCUT2D eigenvalue weighted by atomic mass is 10.2. The van der Waals surface area contributed by atoms with Gasteiger partial charge in [-0.25, -0.2) is 0 Å². The van der Waals surface area contributed by atoms with Crippen molar-refractivity contribution >= 4 is 52.4 Å². The molecule has 28 heavy (non-hydrogen) atoms. The van der Waals surface area contributed by atoms with Crippen molar-refractivity contribution in [1.29, 1.82) is 0 Å². The van der Waals surface area contributed by atoms with Crippen LogP contribution in [0, 0.1) is 0 Å². The monoisotopic (exact) mass is 424 g/mol. The van der Waals surface area contributed by atoms with Gasteiger partial charge in [0.15, 0.2) is 6.61 Å². The Bertz CT molecular complexity index is 873. The van der Waals surface area contributed by atoms with Crippen molar-refractivity contribution in [3.63, 3.8) is 0 Å². The van der Waals surface area contributed by atoms with E-state index in [0.717, 1.165) is 0 Å². The normalized spacial score (nSPS) is 10.1. The molecule has 0 aliphatic heterocycles. The Morgan fingerprint density at radius 2 is 1.68 bits per heavy atom. The van der Waals surface area contributed by atoms with Gasteiger partial charge in [0.2, 0.25) is 5.91 Å². The molecule has 0 radical (unpaired) electrons. The van der Waals surface area contributed by atoms with E-state index in [4.69, 9.17) is 32.7 Å². The number of hydrogen-bond donors (Lipinski definition) is 2. The van der Waals surface area contributed by atoms with Gasteiger partial charge in [-0.15, -0.1) is 0 Å². The number of anilines is 2. The van der Waals surface area contributed by atoms with Crippen LogP contribution in [0.3, 0.4) is 0 Å². The maximum Gasteiger partial charge on any atom is 0.306 e. The third-order valence-corrected chi connectivity index (χ3v) is 4.24. The Hall–Kier alpha value is -2.77. The van der Waals surface area contributed by atoms with Gasteiger partial charge >= 0.3 is 5.97 Å². The van der Waals surface area contributed by atoms with Crippen molar-refractivity contribution in [3.8, 4) is 5.75 Å². The molecule has 2 aromatic carbocycles. The summed E-state index contributed by atoms with van der Waals surface area (Å²) in [5.74, 6) is -1.09. The van der Waals surface area contributed by atoms with Crippen molar-refractivity contribution in [1.82, 2.24) is 0 Å². The van der Waals surface area contributed by atoms with E-state index in [1.165, 1.54) is 13.2 Å². The number of carbonyl (C=O) groups excluding carboxylic acids is 3. The van der Waals surface area contributed by atoms with E-state index < -0.39 is 24.4 Å². The summed E-state index contributed by atoms with van der Waals surface area (Å²) in [4.78, 5) is 35.5. The number of benzene rings is 2. The SMILES string of the molecule is COc1ccccc1NC(=O)COC(=O)CCC(=O)Nc1ccc(Cl)c(Cl)c1. The summed E-state index contributed by atoms with van der Waals surface area (Å²) in [5.41, 5.74) is 0.927. The maximum absolute atomic E-state index is 11.9. The summed E-state index contributed by atoms with van der Waals surface area (Å²) in [6, 6.07) is 11.5. The highest BCUT2D eigenvalue weighted by atomic mass is 35.5. The molecular weight excluding hydrogens is 407 g/mol. The lowest BCUT2D eigenvalue weighted by molar-refractivity contribution is -0.147. The molecule has 0 fully saturated rings. The molecule has 0 bridgehead atoms. The minimum atomic E-state index is -0.667. The first-order chi connectivity index (χ1) is 13.4. The first kappa shape index (κ1) is 21.5. The molecule has 9 heteroatoms.